The van der Waals surface area contributed by atoms with Crippen LogP contribution >= 0.6 is 11.6 Å². The Morgan fingerprint density at radius 3 is 2.85 bits per heavy atom. The van der Waals surface area contributed by atoms with Crippen molar-refractivity contribution in [1.29, 1.82) is 0 Å². The Balaban J connectivity index is 1.36. The van der Waals surface area contributed by atoms with Crippen LogP contribution in [0.2, 0.25) is 5.02 Å². The molecule has 0 radical (unpaired) electrons. The van der Waals surface area contributed by atoms with Crippen LogP contribution in [0.3, 0.4) is 0 Å². The third-order valence-electron chi connectivity index (χ3n) is 6.76. The fourth-order valence-corrected chi connectivity index (χ4v) is 4.96. The number of imidazole rings is 1. The van der Waals surface area contributed by atoms with Crippen molar-refractivity contribution in [3.63, 3.8) is 0 Å². The van der Waals surface area contributed by atoms with Gasteiger partial charge in [0.05, 0.1) is 30.7 Å². The molecule has 1 aliphatic rings. The first-order valence-corrected chi connectivity index (χ1v) is 13.4. The van der Waals surface area contributed by atoms with Gasteiger partial charge in [0.25, 0.3) is 0 Å². The van der Waals surface area contributed by atoms with Crippen molar-refractivity contribution in [2.75, 3.05) is 12.4 Å². The number of methoxy groups -OCH3 is 1. The number of fused-ring (bicyclic) bond motifs is 4. The van der Waals surface area contributed by atoms with Gasteiger partial charge in [-0.15, -0.1) is 5.10 Å². The summed E-state index contributed by atoms with van der Waals surface area (Å²) < 4.78 is 6.24. The standard InChI is InChI=1S/C28H29ClN8O3/c1-40-28(39)32-21-10-11-22-18(15-21)6-4-2-3-5-7-23(27-30-16-24(22)34-27)33-26(38)13-8-19-14-20(29)9-12-25(19)37-17-31-35-36-37/h8-17,23H,2-7H2,1H3,(H,30,34)(H,32,39)(H,33,38)/b13-8+/t23-/m0/s1. The number of anilines is 1. The zero-order valence-electron chi connectivity index (χ0n) is 21.9. The summed E-state index contributed by atoms with van der Waals surface area (Å²) in [6, 6.07) is 10.8. The predicted octanol–water partition coefficient (Wildman–Crippen LogP) is 5.26. The average Bonchev–Trinajstić information content (AvgIpc) is 3.66. The maximum Gasteiger partial charge on any atom is 0.411 e. The number of rotatable bonds is 5. The summed E-state index contributed by atoms with van der Waals surface area (Å²) in [5.41, 5.74) is 5.05. The summed E-state index contributed by atoms with van der Waals surface area (Å²) in [4.78, 5) is 32.8. The van der Waals surface area contributed by atoms with E-state index in [-0.39, 0.29) is 11.9 Å². The molecule has 0 fully saturated rings. The van der Waals surface area contributed by atoms with Gasteiger partial charge in [0.2, 0.25) is 5.91 Å². The van der Waals surface area contributed by atoms with Crippen LogP contribution in [0.25, 0.3) is 23.0 Å². The molecule has 5 rings (SSSR count). The summed E-state index contributed by atoms with van der Waals surface area (Å²) in [7, 11) is 1.34. The monoisotopic (exact) mass is 560 g/mol. The number of ether oxygens (including phenoxy) is 1. The van der Waals surface area contributed by atoms with E-state index in [2.05, 4.69) is 36.1 Å². The van der Waals surface area contributed by atoms with Crippen LogP contribution in [0.15, 0.2) is 55.0 Å². The number of aromatic nitrogens is 6. The van der Waals surface area contributed by atoms with Crippen LogP contribution in [0.5, 0.6) is 0 Å². The van der Waals surface area contributed by atoms with Crippen molar-refractivity contribution < 1.29 is 14.3 Å². The number of nitrogens with zero attached hydrogens (tertiary/aromatic N) is 5. The van der Waals surface area contributed by atoms with E-state index in [0.29, 0.717) is 27.8 Å². The van der Waals surface area contributed by atoms with Gasteiger partial charge in [-0.3, -0.25) is 10.1 Å². The first-order chi connectivity index (χ1) is 19.5. The smallest absolute Gasteiger partial charge is 0.411 e. The van der Waals surface area contributed by atoms with E-state index in [1.54, 1.807) is 30.5 Å². The van der Waals surface area contributed by atoms with Crippen molar-refractivity contribution in [1.82, 2.24) is 35.5 Å². The molecule has 4 aromatic rings. The lowest BCUT2D eigenvalue weighted by molar-refractivity contribution is -0.117. The minimum absolute atomic E-state index is 0.253. The van der Waals surface area contributed by atoms with Crippen molar-refractivity contribution in [3.05, 3.63) is 77.0 Å². The highest BCUT2D eigenvalue weighted by Gasteiger charge is 2.19. The van der Waals surface area contributed by atoms with Gasteiger partial charge in [0.1, 0.15) is 12.2 Å². The van der Waals surface area contributed by atoms with Crippen LogP contribution < -0.4 is 10.6 Å². The van der Waals surface area contributed by atoms with Crippen molar-refractivity contribution in [3.8, 4) is 16.9 Å². The molecule has 0 spiro atoms. The maximum absolute atomic E-state index is 13.0. The number of tetrazole rings is 1. The van der Waals surface area contributed by atoms with E-state index >= 15 is 0 Å². The van der Waals surface area contributed by atoms with Gasteiger partial charge < -0.3 is 15.0 Å². The summed E-state index contributed by atoms with van der Waals surface area (Å²) in [6.45, 7) is 0. The van der Waals surface area contributed by atoms with E-state index < -0.39 is 6.09 Å². The minimum Gasteiger partial charge on any atom is -0.453 e. The van der Waals surface area contributed by atoms with Gasteiger partial charge in [-0.05, 0) is 71.7 Å². The van der Waals surface area contributed by atoms with E-state index in [4.69, 9.17) is 16.3 Å². The molecule has 2 bridgehead atoms. The molecule has 0 aliphatic carbocycles. The minimum atomic E-state index is -0.508. The number of hydrogen-bond acceptors (Lipinski definition) is 7. The molecule has 3 N–H and O–H groups in total. The molecule has 0 saturated heterocycles. The number of aryl methyl sites for hydroxylation is 1. The molecular weight excluding hydrogens is 532 g/mol. The maximum atomic E-state index is 13.0. The molecule has 0 saturated carbocycles. The first kappa shape index (κ1) is 27.1. The highest BCUT2D eigenvalue weighted by atomic mass is 35.5. The number of carbonyl (C=O) groups excluding carboxylic acids is 2. The third-order valence-corrected chi connectivity index (χ3v) is 6.99. The van der Waals surface area contributed by atoms with Crippen LogP contribution in [0.1, 0.15) is 55.1 Å². The Morgan fingerprint density at radius 2 is 2.02 bits per heavy atom. The number of amides is 2. The van der Waals surface area contributed by atoms with Crippen molar-refractivity contribution in [2.24, 2.45) is 0 Å². The molecule has 1 atom stereocenters. The normalized spacial score (nSPS) is 15.5. The van der Waals surface area contributed by atoms with Gasteiger partial charge in [-0.1, -0.05) is 36.9 Å². The van der Waals surface area contributed by atoms with Gasteiger partial charge in [0.15, 0.2) is 0 Å². The molecule has 2 amide bonds. The summed E-state index contributed by atoms with van der Waals surface area (Å²) in [5, 5.41) is 17.7. The van der Waals surface area contributed by atoms with Gasteiger partial charge >= 0.3 is 6.09 Å². The number of aromatic amines is 1. The topological polar surface area (TPSA) is 140 Å². The summed E-state index contributed by atoms with van der Waals surface area (Å²) in [5.74, 6) is 0.439. The van der Waals surface area contributed by atoms with Gasteiger partial charge in [0, 0.05) is 27.9 Å². The Hall–Kier alpha value is -4.51. The summed E-state index contributed by atoms with van der Waals surface area (Å²) in [6.07, 6.45) is 11.6. The molecule has 0 unspecified atom stereocenters. The van der Waals surface area contributed by atoms with Gasteiger partial charge in [-0.25, -0.2) is 9.78 Å². The second-order valence-electron chi connectivity index (χ2n) is 9.48. The van der Waals surface area contributed by atoms with E-state index in [1.807, 2.05) is 18.2 Å². The number of H-pyrrole nitrogens is 1. The van der Waals surface area contributed by atoms with E-state index in [9.17, 15) is 9.59 Å². The Bertz CT molecular complexity index is 1520. The Labute approximate surface area is 236 Å². The van der Waals surface area contributed by atoms with Crippen LogP contribution in [0.4, 0.5) is 10.5 Å². The summed E-state index contributed by atoms with van der Waals surface area (Å²) >= 11 is 6.20. The van der Waals surface area contributed by atoms with Crippen LogP contribution in [-0.2, 0) is 16.0 Å². The van der Waals surface area contributed by atoms with Gasteiger partial charge in [-0.2, -0.15) is 4.68 Å². The second-order valence-corrected chi connectivity index (χ2v) is 9.91. The molecule has 12 heteroatoms. The fraction of sp³-hybridized carbons (Fsp3) is 0.286. The molecule has 1 aliphatic heterocycles. The number of carbonyl (C=O) groups is 2. The molecule has 3 heterocycles. The molecule has 206 valence electrons. The number of halogens is 1. The SMILES string of the molecule is COC(=O)Nc1ccc2c(c1)CCCCCC[C@H](NC(=O)/C=C/c1cc(Cl)ccc1-n1cnnn1)c1ncc-2[nH]1. The second kappa shape index (κ2) is 12.6. The van der Waals surface area contributed by atoms with E-state index in [0.717, 1.165) is 55.3 Å². The third kappa shape index (κ3) is 6.55. The highest BCUT2D eigenvalue weighted by molar-refractivity contribution is 6.30. The Morgan fingerprint density at radius 1 is 1.15 bits per heavy atom. The quantitative estimate of drug-likeness (QED) is 0.283. The lowest BCUT2D eigenvalue weighted by atomic mass is 9.97. The number of hydrogen-bond donors (Lipinski definition) is 3. The zero-order valence-corrected chi connectivity index (χ0v) is 22.7. The number of benzene rings is 2. The zero-order chi connectivity index (χ0) is 27.9. The molecule has 11 nitrogen and oxygen atoms in total. The van der Waals surface area contributed by atoms with Crippen LogP contribution in [-0.4, -0.2) is 49.3 Å². The van der Waals surface area contributed by atoms with Crippen LogP contribution in [0, 0.1) is 0 Å². The number of nitrogens with one attached hydrogen (secondary N) is 3. The molecule has 40 heavy (non-hydrogen) atoms. The fourth-order valence-electron chi connectivity index (χ4n) is 4.78. The predicted molar refractivity (Wildman–Crippen MR) is 151 cm³/mol. The first-order valence-electron chi connectivity index (χ1n) is 13.0. The molecular formula is C28H29ClN8O3. The molecule has 2 aromatic carbocycles. The van der Waals surface area contributed by atoms with E-state index in [1.165, 1.54) is 24.2 Å². The average molecular weight is 561 g/mol. The lowest BCUT2D eigenvalue weighted by Crippen LogP contribution is -2.27. The van der Waals surface area contributed by atoms with Crippen molar-refractivity contribution in [2.45, 2.75) is 44.6 Å². The lowest BCUT2D eigenvalue weighted by Gasteiger charge is -2.17. The largest absolute Gasteiger partial charge is 0.453 e. The highest BCUT2D eigenvalue weighted by Crippen LogP contribution is 2.30. The van der Waals surface area contributed by atoms with Crippen molar-refractivity contribution >= 4 is 35.4 Å². The molecule has 2 aromatic heterocycles. The Kier molecular flexibility index (Phi) is 8.50.